The van der Waals surface area contributed by atoms with Crippen molar-refractivity contribution < 1.29 is 33.3 Å². The number of ether oxygens (including phenoxy) is 4. The molecule has 5 aliphatic rings. The molecule has 2 heterocycles. The first-order valence-corrected chi connectivity index (χ1v) is 11.8. The van der Waals surface area contributed by atoms with Crippen LogP contribution >= 0.6 is 0 Å². The standard InChI is InChI=1S/C23H33NO7/c1-23(2,13-5-3-4-6-13)31-22(27)18-15-11-14-17(18)21(26)30-20(14)19(15)29-16(25)12-24-7-9-28-10-8-24/h13-15,17-20H,3-12H2,1-2H3. The van der Waals surface area contributed by atoms with Crippen LogP contribution in [-0.4, -0.2) is 73.5 Å². The Hall–Kier alpha value is -1.67. The normalized spacial score (nSPS) is 37.8. The zero-order valence-electron chi connectivity index (χ0n) is 18.4. The number of fused-ring (bicyclic) bond motifs is 1. The summed E-state index contributed by atoms with van der Waals surface area (Å²) < 4.78 is 22.8. The van der Waals surface area contributed by atoms with Crippen LogP contribution in [0.2, 0.25) is 0 Å². The van der Waals surface area contributed by atoms with Crippen LogP contribution in [0.25, 0.3) is 0 Å². The van der Waals surface area contributed by atoms with Crippen LogP contribution in [0, 0.1) is 29.6 Å². The molecule has 0 spiro atoms. The SMILES string of the molecule is CC(C)(OC(=O)C1C2CC3C(OC(=O)C31)C2OC(=O)CN1CCOCC1)C1CCCC1. The molecule has 0 aromatic rings. The highest BCUT2D eigenvalue weighted by atomic mass is 16.6. The molecule has 8 heteroatoms. The zero-order valence-corrected chi connectivity index (χ0v) is 18.4. The Balaban J connectivity index is 1.27. The van der Waals surface area contributed by atoms with Crippen molar-refractivity contribution in [1.82, 2.24) is 4.90 Å². The van der Waals surface area contributed by atoms with E-state index in [0.717, 1.165) is 25.7 Å². The average molecular weight is 436 g/mol. The molecule has 2 bridgehead atoms. The molecule has 6 atom stereocenters. The lowest BCUT2D eigenvalue weighted by atomic mass is 9.78. The molecular formula is C23H33NO7. The second-order valence-corrected chi connectivity index (χ2v) is 10.4. The Morgan fingerprint density at radius 2 is 1.84 bits per heavy atom. The minimum atomic E-state index is -0.585. The van der Waals surface area contributed by atoms with Crippen molar-refractivity contribution in [2.75, 3.05) is 32.8 Å². The first-order chi connectivity index (χ1) is 14.8. The van der Waals surface area contributed by atoms with Crippen LogP contribution in [0.5, 0.6) is 0 Å². The maximum Gasteiger partial charge on any atom is 0.320 e. The maximum atomic E-state index is 13.3. The van der Waals surface area contributed by atoms with E-state index in [9.17, 15) is 14.4 Å². The summed E-state index contributed by atoms with van der Waals surface area (Å²) in [7, 11) is 0. The molecule has 2 aliphatic heterocycles. The number of hydrogen-bond donors (Lipinski definition) is 0. The largest absolute Gasteiger partial charge is 0.459 e. The van der Waals surface area contributed by atoms with Crippen molar-refractivity contribution in [1.29, 1.82) is 0 Å². The molecule has 0 radical (unpaired) electrons. The van der Waals surface area contributed by atoms with E-state index in [1.807, 2.05) is 18.7 Å². The summed E-state index contributed by atoms with van der Waals surface area (Å²) in [6.45, 7) is 6.73. The second-order valence-electron chi connectivity index (χ2n) is 10.4. The second kappa shape index (κ2) is 8.03. The van der Waals surface area contributed by atoms with Crippen LogP contribution in [-0.2, 0) is 33.3 Å². The van der Waals surface area contributed by atoms with Crippen LogP contribution in [0.3, 0.4) is 0 Å². The molecular weight excluding hydrogens is 402 g/mol. The minimum absolute atomic E-state index is 0.0640. The van der Waals surface area contributed by atoms with Crippen LogP contribution in [0.15, 0.2) is 0 Å². The number of esters is 3. The van der Waals surface area contributed by atoms with Crippen molar-refractivity contribution >= 4 is 17.9 Å². The van der Waals surface area contributed by atoms with E-state index in [0.29, 0.717) is 38.6 Å². The van der Waals surface area contributed by atoms with Gasteiger partial charge in [0.2, 0.25) is 0 Å². The number of carbonyl (C=O) groups is 3. The highest BCUT2D eigenvalue weighted by molar-refractivity contribution is 5.86. The van der Waals surface area contributed by atoms with Gasteiger partial charge in [0.05, 0.1) is 31.6 Å². The Bertz CT molecular complexity index is 740. The molecule has 0 N–H and O–H groups in total. The van der Waals surface area contributed by atoms with Crippen LogP contribution in [0.4, 0.5) is 0 Å². The summed E-state index contributed by atoms with van der Waals surface area (Å²) in [4.78, 5) is 40.5. The maximum absolute atomic E-state index is 13.3. The smallest absolute Gasteiger partial charge is 0.320 e. The Kier molecular flexibility index (Phi) is 5.49. The summed E-state index contributed by atoms with van der Waals surface area (Å²) in [6, 6.07) is 0. The molecule has 8 nitrogen and oxygen atoms in total. The van der Waals surface area contributed by atoms with E-state index in [1.165, 1.54) is 0 Å². The van der Waals surface area contributed by atoms with Crippen molar-refractivity contribution in [3.63, 3.8) is 0 Å². The lowest BCUT2D eigenvalue weighted by Crippen LogP contribution is -2.47. The highest BCUT2D eigenvalue weighted by Crippen LogP contribution is 2.59. The van der Waals surface area contributed by atoms with Gasteiger partial charge in [-0.05, 0) is 39.0 Å². The van der Waals surface area contributed by atoms with E-state index in [2.05, 4.69) is 0 Å². The van der Waals surface area contributed by atoms with Gasteiger partial charge >= 0.3 is 17.9 Å². The topological polar surface area (TPSA) is 91.4 Å². The summed E-state index contributed by atoms with van der Waals surface area (Å²) in [5, 5.41) is 0. The minimum Gasteiger partial charge on any atom is -0.459 e. The Labute approximate surface area is 182 Å². The zero-order chi connectivity index (χ0) is 21.8. The molecule has 5 fully saturated rings. The van der Waals surface area contributed by atoms with Crippen LogP contribution in [0.1, 0.15) is 46.0 Å². The van der Waals surface area contributed by atoms with Crippen molar-refractivity contribution in [2.45, 2.75) is 63.8 Å². The predicted molar refractivity (Wildman–Crippen MR) is 108 cm³/mol. The third-order valence-corrected chi connectivity index (χ3v) is 8.24. The summed E-state index contributed by atoms with van der Waals surface area (Å²) >= 11 is 0. The summed E-state index contributed by atoms with van der Waals surface area (Å²) in [5.41, 5.74) is -0.556. The monoisotopic (exact) mass is 435 g/mol. The molecule has 2 saturated heterocycles. The molecule has 0 amide bonds. The van der Waals surface area contributed by atoms with E-state index in [-0.39, 0.29) is 36.3 Å². The fourth-order valence-electron chi connectivity index (χ4n) is 6.63. The molecule has 6 unspecified atom stereocenters. The van der Waals surface area contributed by atoms with Crippen molar-refractivity contribution in [2.24, 2.45) is 29.6 Å². The van der Waals surface area contributed by atoms with Gasteiger partial charge in [-0.2, -0.15) is 0 Å². The number of rotatable bonds is 6. The number of hydrogen-bond acceptors (Lipinski definition) is 8. The molecule has 31 heavy (non-hydrogen) atoms. The van der Waals surface area contributed by atoms with Crippen molar-refractivity contribution in [3.05, 3.63) is 0 Å². The number of nitrogens with zero attached hydrogens (tertiary/aromatic N) is 1. The third kappa shape index (κ3) is 3.75. The number of morpholine rings is 1. The van der Waals surface area contributed by atoms with E-state index < -0.39 is 29.6 Å². The Morgan fingerprint density at radius 1 is 1.13 bits per heavy atom. The fraction of sp³-hybridized carbons (Fsp3) is 0.870. The van der Waals surface area contributed by atoms with Crippen LogP contribution < -0.4 is 0 Å². The van der Waals surface area contributed by atoms with E-state index in [4.69, 9.17) is 18.9 Å². The van der Waals surface area contributed by atoms with Gasteiger partial charge in [-0.3, -0.25) is 19.3 Å². The van der Waals surface area contributed by atoms with Gasteiger partial charge in [0.15, 0.2) is 0 Å². The van der Waals surface area contributed by atoms with Gasteiger partial charge in [0.25, 0.3) is 0 Å². The van der Waals surface area contributed by atoms with Gasteiger partial charge in [0.1, 0.15) is 17.8 Å². The first kappa shape index (κ1) is 21.2. The summed E-state index contributed by atoms with van der Waals surface area (Å²) in [6.07, 6.45) is 4.13. The van der Waals surface area contributed by atoms with E-state index >= 15 is 0 Å². The van der Waals surface area contributed by atoms with Gasteiger partial charge in [0, 0.05) is 24.9 Å². The molecule has 3 aliphatic carbocycles. The molecule has 0 aromatic carbocycles. The first-order valence-electron chi connectivity index (χ1n) is 11.8. The lowest BCUT2D eigenvalue weighted by molar-refractivity contribution is -0.177. The quantitative estimate of drug-likeness (QED) is 0.459. The third-order valence-electron chi connectivity index (χ3n) is 8.24. The molecule has 0 aromatic heterocycles. The molecule has 172 valence electrons. The van der Waals surface area contributed by atoms with Gasteiger partial charge in [-0.25, -0.2) is 0 Å². The summed E-state index contributed by atoms with van der Waals surface area (Å²) in [5.74, 6) is -1.99. The van der Waals surface area contributed by atoms with Crippen molar-refractivity contribution in [3.8, 4) is 0 Å². The van der Waals surface area contributed by atoms with Gasteiger partial charge < -0.3 is 18.9 Å². The molecule has 5 rings (SSSR count). The van der Waals surface area contributed by atoms with Gasteiger partial charge in [-0.1, -0.05) is 12.8 Å². The predicted octanol–water partition coefficient (Wildman–Crippen LogP) is 1.55. The Morgan fingerprint density at radius 3 is 2.55 bits per heavy atom. The highest BCUT2D eigenvalue weighted by Gasteiger charge is 2.70. The molecule has 3 saturated carbocycles. The van der Waals surface area contributed by atoms with Gasteiger partial charge in [-0.15, -0.1) is 0 Å². The lowest BCUT2D eigenvalue weighted by Gasteiger charge is -2.36. The fourth-order valence-corrected chi connectivity index (χ4v) is 6.63. The number of carbonyl (C=O) groups excluding carboxylic acids is 3. The average Bonchev–Trinajstić information content (AvgIpc) is 3.47. The van der Waals surface area contributed by atoms with E-state index in [1.54, 1.807) is 0 Å².